The molecule has 8 heteroatoms. The predicted octanol–water partition coefficient (Wildman–Crippen LogP) is 4.61. The van der Waals surface area contributed by atoms with Crippen molar-refractivity contribution in [2.24, 2.45) is 0 Å². The number of carbonyl (C=O) groups excluding carboxylic acids is 1. The van der Waals surface area contributed by atoms with E-state index < -0.39 is 11.7 Å². The van der Waals surface area contributed by atoms with Gasteiger partial charge in [0, 0.05) is 23.2 Å². The molecule has 1 atom stereocenters. The SMILES string of the molecule is CC[C@@H](C)NC(=O)c1csc2nc(-c3ccc(C(F)(F)F)cc3)cn12. The van der Waals surface area contributed by atoms with Crippen molar-refractivity contribution >= 4 is 22.2 Å². The molecule has 3 rings (SSSR count). The van der Waals surface area contributed by atoms with Crippen LogP contribution in [0.2, 0.25) is 0 Å². The zero-order valence-corrected chi connectivity index (χ0v) is 14.4. The maximum absolute atomic E-state index is 12.7. The zero-order chi connectivity index (χ0) is 18.2. The van der Waals surface area contributed by atoms with Crippen LogP contribution in [0.25, 0.3) is 16.2 Å². The molecule has 1 amide bonds. The third kappa shape index (κ3) is 3.53. The van der Waals surface area contributed by atoms with E-state index in [0.29, 0.717) is 21.9 Å². The van der Waals surface area contributed by atoms with Gasteiger partial charge in [0.2, 0.25) is 0 Å². The van der Waals surface area contributed by atoms with E-state index in [1.165, 1.54) is 23.5 Å². The number of halogens is 3. The molecule has 132 valence electrons. The number of benzene rings is 1. The van der Waals surface area contributed by atoms with Gasteiger partial charge in [0.15, 0.2) is 4.96 Å². The first-order valence-corrected chi connectivity index (χ1v) is 8.62. The molecule has 1 N–H and O–H groups in total. The summed E-state index contributed by atoms with van der Waals surface area (Å²) in [5, 5.41) is 4.61. The number of amides is 1. The number of hydrogen-bond acceptors (Lipinski definition) is 3. The number of hydrogen-bond donors (Lipinski definition) is 1. The van der Waals surface area contributed by atoms with Gasteiger partial charge in [-0.05, 0) is 25.5 Å². The molecule has 0 spiro atoms. The number of carbonyl (C=O) groups is 1. The van der Waals surface area contributed by atoms with E-state index in [1.54, 1.807) is 16.0 Å². The second kappa shape index (κ2) is 6.51. The second-order valence-electron chi connectivity index (χ2n) is 5.76. The molecule has 0 saturated carbocycles. The highest BCUT2D eigenvalue weighted by Gasteiger charge is 2.30. The van der Waals surface area contributed by atoms with Gasteiger partial charge in [-0.1, -0.05) is 19.1 Å². The van der Waals surface area contributed by atoms with Crippen LogP contribution in [0.3, 0.4) is 0 Å². The summed E-state index contributed by atoms with van der Waals surface area (Å²) < 4.78 is 39.6. The fraction of sp³-hybridized carbons (Fsp3) is 0.294. The molecule has 0 radical (unpaired) electrons. The van der Waals surface area contributed by atoms with Gasteiger partial charge in [0.1, 0.15) is 5.69 Å². The number of thiazole rings is 1. The van der Waals surface area contributed by atoms with Gasteiger partial charge in [0.25, 0.3) is 5.91 Å². The van der Waals surface area contributed by atoms with Gasteiger partial charge in [0.05, 0.1) is 11.3 Å². The molecule has 3 aromatic rings. The number of nitrogens with zero attached hydrogens (tertiary/aromatic N) is 2. The van der Waals surface area contributed by atoms with E-state index in [2.05, 4.69) is 10.3 Å². The van der Waals surface area contributed by atoms with E-state index >= 15 is 0 Å². The Kier molecular flexibility index (Phi) is 4.55. The number of nitrogens with one attached hydrogen (secondary N) is 1. The Morgan fingerprint density at radius 2 is 2.00 bits per heavy atom. The Morgan fingerprint density at radius 3 is 2.60 bits per heavy atom. The maximum Gasteiger partial charge on any atom is 0.416 e. The van der Waals surface area contributed by atoms with Gasteiger partial charge in [-0.2, -0.15) is 13.2 Å². The fourth-order valence-corrected chi connectivity index (χ4v) is 3.17. The minimum Gasteiger partial charge on any atom is -0.348 e. The third-order valence-electron chi connectivity index (χ3n) is 3.94. The number of rotatable bonds is 4. The van der Waals surface area contributed by atoms with Crippen LogP contribution in [0, 0.1) is 0 Å². The molecule has 1 aromatic carbocycles. The molecule has 0 aliphatic heterocycles. The summed E-state index contributed by atoms with van der Waals surface area (Å²) in [7, 11) is 0. The molecule has 2 heterocycles. The van der Waals surface area contributed by atoms with E-state index in [9.17, 15) is 18.0 Å². The van der Waals surface area contributed by atoms with Gasteiger partial charge < -0.3 is 5.32 Å². The van der Waals surface area contributed by atoms with Crippen molar-refractivity contribution in [2.45, 2.75) is 32.5 Å². The Balaban J connectivity index is 1.91. The molecule has 4 nitrogen and oxygen atoms in total. The lowest BCUT2D eigenvalue weighted by Crippen LogP contribution is -2.32. The van der Waals surface area contributed by atoms with E-state index in [1.807, 2.05) is 13.8 Å². The van der Waals surface area contributed by atoms with Crippen molar-refractivity contribution < 1.29 is 18.0 Å². The molecule has 25 heavy (non-hydrogen) atoms. The lowest BCUT2D eigenvalue weighted by molar-refractivity contribution is -0.137. The van der Waals surface area contributed by atoms with Crippen LogP contribution < -0.4 is 5.32 Å². The van der Waals surface area contributed by atoms with E-state index in [-0.39, 0.29) is 11.9 Å². The molecular formula is C17H16F3N3OS. The van der Waals surface area contributed by atoms with Crippen LogP contribution in [-0.2, 0) is 6.18 Å². The topological polar surface area (TPSA) is 46.4 Å². The number of imidazole rings is 1. The minimum atomic E-state index is -4.37. The minimum absolute atomic E-state index is 0.0559. The van der Waals surface area contributed by atoms with Crippen LogP contribution in [0.5, 0.6) is 0 Å². The Morgan fingerprint density at radius 1 is 1.32 bits per heavy atom. The van der Waals surface area contributed by atoms with E-state index in [4.69, 9.17) is 0 Å². The molecule has 0 unspecified atom stereocenters. The Hall–Kier alpha value is -2.35. The van der Waals surface area contributed by atoms with Crippen molar-refractivity contribution in [3.05, 3.63) is 47.1 Å². The molecule has 0 saturated heterocycles. The number of alkyl halides is 3. The smallest absolute Gasteiger partial charge is 0.348 e. The molecular weight excluding hydrogens is 351 g/mol. The molecule has 0 aliphatic carbocycles. The summed E-state index contributed by atoms with van der Waals surface area (Å²) in [6.07, 6.45) is -1.88. The first-order chi connectivity index (χ1) is 11.8. The van der Waals surface area contributed by atoms with Gasteiger partial charge in [-0.15, -0.1) is 11.3 Å². The molecule has 0 aliphatic rings. The normalized spacial score (nSPS) is 13.2. The summed E-state index contributed by atoms with van der Waals surface area (Å²) in [6, 6.07) is 4.88. The van der Waals surface area contributed by atoms with Crippen molar-refractivity contribution in [1.82, 2.24) is 14.7 Å². The van der Waals surface area contributed by atoms with Crippen LogP contribution in [0.4, 0.5) is 13.2 Å². The summed E-state index contributed by atoms with van der Waals surface area (Å²) in [6.45, 7) is 3.90. The van der Waals surface area contributed by atoms with Crippen molar-refractivity contribution in [3.63, 3.8) is 0 Å². The second-order valence-corrected chi connectivity index (χ2v) is 6.59. The third-order valence-corrected chi connectivity index (χ3v) is 4.78. The van der Waals surface area contributed by atoms with Crippen LogP contribution in [0.15, 0.2) is 35.8 Å². The zero-order valence-electron chi connectivity index (χ0n) is 13.6. The highest BCUT2D eigenvalue weighted by molar-refractivity contribution is 7.15. The first kappa shape index (κ1) is 17.5. The fourth-order valence-electron chi connectivity index (χ4n) is 2.32. The number of fused-ring (bicyclic) bond motifs is 1. The largest absolute Gasteiger partial charge is 0.416 e. The summed E-state index contributed by atoms with van der Waals surface area (Å²) in [4.78, 5) is 17.3. The van der Waals surface area contributed by atoms with Crippen LogP contribution in [-0.4, -0.2) is 21.3 Å². The predicted molar refractivity (Wildman–Crippen MR) is 90.7 cm³/mol. The summed E-state index contributed by atoms with van der Waals surface area (Å²) in [5.74, 6) is -0.197. The Labute approximate surface area is 146 Å². The molecule has 2 aromatic heterocycles. The van der Waals surface area contributed by atoms with Crippen LogP contribution >= 0.6 is 11.3 Å². The highest BCUT2D eigenvalue weighted by Crippen LogP contribution is 2.31. The quantitative estimate of drug-likeness (QED) is 0.732. The van der Waals surface area contributed by atoms with Gasteiger partial charge >= 0.3 is 6.18 Å². The average molecular weight is 367 g/mol. The summed E-state index contributed by atoms with van der Waals surface area (Å²) in [5.41, 5.74) is 0.854. The molecule has 0 bridgehead atoms. The standard InChI is InChI=1S/C17H16F3N3OS/c1-3-10(2)21-15(24)14-9-25-16-22-13(8-23(14)16)11-4-6-12(7-5-11)17(18,19)20/h4-10H,3H2,1-2H3,(H,21,24)/t10-/m1/s1. The monoisotopic (exact) mass is 367 g/mol. The van der Waals surface area contributed by atoms with Crippen molar-refractivity contribution in [2.75, 3.05) is 0 Å². The van der Waals surface area contributed by atoms with Crippen LogP contribution in [0.1, 0.15) is 36.3 Å². The summed E-state index contributed by atoms with van der Waals surface area (Å²) >= 11 is 1.31. The molecule has 0 fully saturated rings. The first-order valence-electron chi connectivity index (χ1n) is 7.74. The maximum atomic E-state index is 12.7. The number of aromatic nitrogens is 2. The van der Waals surface area contributed by atoms with Gasteiger partial charge in [-0.3, -0.25) is 9.20 Å². The average Bonchev–Trinajstić information content (AvgIpc) is 3.14. The lowest BCUT2D eigenvalue weighted by atomic mass is 10.1. The van der Waals surface area contributed by atoms with Crippen molar-refractivity contribution in [3.8, 4) is 11.3 Å². The van der Waals surface area contributed by atoms with Gasteiger partial charge in [-0.25, -0.2) is 4.98 Å². The Bertz CT molecular complexity index is 896. The highest BCUT2D eigenvalue weighted by atomic mass is 32.1. The lowest BCUT2D eigenvalue weighted by Gasteiger charge is -2.10. The van der Waals surface area contributed by atoms with E-state index in [0.717, 1.165) is 18.6 Å². The van der Waals surface area contributed by atoms with Crippen molar-refractivity contribution in [1.29, 1.82) is 0 Å².